The van der Waals surface area contributed by atoms with E-state index in [1.165, 1.54) is 12.1 Å². The van der Waals surface area contributed by atoms with Gasteiger partial charge in [-0.25, -0.2) is 4.39 Å². The molecule has 3 rings (SSSR count). The van der Waals surface area contributed by atoms with Crippen LogP contribution in [-0.4, -0.2) is 12.5 Å². The molecule has 5 heteroatoms. The molecule has 2 N–H and O–H groups in total. The van der Waals surface area contributed by atoms with E-state index in [1.807, 2.05) is 48.7 Å². The molecular formula is C20H19FN2OS. The molecule has 3 nitrogen and oxygen atoms in total. The van der Waals surface area contributed by atoms with Gasteiger partial charge in [-0.3, -0.25) is 10.1 Å². The first-order valence-corrected chi connectivity index (χ1v) is 8.88. The molecule has 0 radical (unpaired) electrons. The Bertz CT molecular complexity index is 831. The van der Waals surface area contributed by atoms with Gasteiger partial charge in [-0.05, 0) is 53.8 Å². The zero-order valence-corrected chi connectivity index (χ0v) is 14.6. The lowest BCUT2D eigenvalue weighted by atomic mass is 10.1. The molecule has 0 fully saturated rings. The maximum atomic E-state index is 13.2. The van der Waals surface area contributed by atoms with Crippen molar-refractivity contribution >= 4 is 22.9 Å². The van der Waals surface area contributed by atoms with Gasteiger partial charge in [-0.1, -0.05) is 30.3 Å². The van der Waals surface area contributed by atoms with Crippen molar-refractivity contribution in [2.45, 2.75) is 13.0 Å². The number of amides is 1. The van der Waals surface area contributed by atoms with Crippen LogP contribution in [0.1, 0.15) is 22.0 Å². The molecule has 1 heterocycles. The van der Waals surface area contributed by atoms with E-state index in [0.29, 0.717) is 0 Å². The standard InChI is InChI=1S/C20H19FN2OS/c1-14-4-2-5-17(12-14)23-19(24)13-22-20(18-6-3-11-25-18)15-7-9-16(21)10-8-15/h2-12,20,22H,13H2,1H3,(H,23,24)/t20-/m1/s1. The third-order valence-corrected chi connectivity index (χ3v) is 4.74. The quantitative estimate of drug-likeness (QED) is 0.684. The average Bonchev–Trinajstić information content (AvgIpc) is 3.11. The largest absolute Gasteiger partial charge is 0.325 e. The first-order chi connectivity index (χ1) is 12.1. The SMILES string of the molecule is Cc1cccc(NC(=O)CN[C@H](c2ccc(F)cc2)c2cccs2)c1. The minimum Gasteiger partial charge on any atom is -0.325 e. The number of hydrogen-bond donors (Lipinski definition) is 2. The molecule has 0 bridgehead atoms. The molecule has 0 saturated heterocycles. The van der Waals surface area contributed by atoms with Crippen molar-refractivity contribution in [2.75, 3.05) is 11.9 Å². The van der Waals surface area contributed by atoms with Crippen molar-refractivity contribution in [1.82, 2.24) is 5.32 Å². The van der Waals surface area contributed by atoms with Crippen LogP contribution in [0.2, 0.25) is 0 Å². The molecule has 1 atom stereocenters. The van der Waals surface area contributed by atoms with Gasteiger partial charge in [0.1, 0.15) is 5.82 Å². The first kappa shape index (κ1) is 17.3. The van der Waals surface area contributed by atoms with E-state index < -0.39 is 0 Å². The van der Waals surface area contributed by atoms with E-state index in [4.69, 9.17) is 0 Å². The van der Waals surface area contributed by atoms with Gasteiger partial charge in [0.25, 0.3) is 0 Å². The summed E-state index contributed by atoms with van der Waals surface area (Å²) in [5.41, 5.74) is 2.79. The Balaban J connectivity index is 1.68. The summed E-state index contributed by atoms with van der Waals surface area (Å²) in [6.07, 6.45) is 0. The normalized spacial score (nSPS) is 11.9. The number of anilines is 1. The number of carbonyl (C=O) groups excluding carboxylic acids is 1. The van der Waals surface area contributed by atoms with Crippen molar-refractivity contribution in [1.29, 1.82) is 0 Å². The number of nitrogens with one attached hydrogen (secondary N) is 2. The lowest BCUT2D eigenvalue weighted by Gasteiger charge is -2.18. The van der Waals surface area contributed by atoms with Crippen LogP contribution in [0.15, 0.2) is 66.0 Å². The number of benzene rings is 2. The fraction of sp³-hybridized carbons (Fsp3) is 0.150. The Hall–Kier alpha value is -2.50. The van der Waals surface area contributed by atoms with E-state index in [1.54, 1.807) is 23.5 Å². The summed E-state index contributed by atoms with van der Waals surface area (Å²) in [6.45, 7) is 2.14. The minimum atomic E-state index is -0.272. The maximum absolute atomic E-state index is 13.2. The smallest absolute Gasteiger partial charge is 0.238 e. The monoisotopic (exact) mass is 354 g/mol. The Labute approximate surface area is 150 Å². The molecule has 3 aromatic rings. The van der Waals surface area contributed by atoms with Crippen LogP contribution in [0, 0.1) is 12.7 Å². The Morgan fingerprint density at radius 3 is 2.60 bits per heavy atom. The molecule has 25 heavy (non-hydrogen) atoms. The predicted octanol–water partition coefficient (Wildman–Crippen LogP) is 4.51. The molecule has 0 unspecified atom stereocenters. The summed E-state index contributed by atoms with van der Waals surface area (Å²) in [5, 5.41) is 8.14. The maximum Gasteiger partial charge on any atom is 0.238 e. The second-order valence-corrected chi connectivity index (χ2v) is 6.78. The van der Waals surface area contributed by atoms with Gasteiger partial charge in [0.05, 0.1) is 12.6 Å². The molecule has 128 valence electrons. The summed E-state index contributed by atoms with van der Waals surface area (Å²) >= 11 is 1.60. The van der Waals surface area contributed by atoms with Crippen molar-refractivity contribution < 1.29 is 9.18 Å². The Morgan fingerprint density at radius 2 is 1.92 bits per heavy atom. The van der Waals surface area contributed by atoms with Gasteiger partial charge in [0.2, 0.25) is 5.91 Å². The second-order valence-electron chi connectivity index (χ2n) is 5.80. The van der Waals surface area contributed by atoms with Gasteiger partial charge < -0.3 is 5.32 Å². The van der Waals surface area contributed by atoms with Gasteiger partial charge in [0.15, 0.2) is 0 Å². The number of thiophene rings is 1. The van der Waals surface area contributed by atoms with Crippen LogP contribution in [0.5, 0.6) is 0 Å². The van der Waals surface area contributed by atoms with E-state index in [2.05, 4.69) is 10.6 Å². The highest BCUT2D eigenvalue weighted by atomic mass is 32.1. The zero-order chi connectivity index (χ0) is 17.6. The van der Waals surface area contributed by atoms with Crippen LogP contribution in [0.25, 0.3) is 0 Å². The molecule has 1 amide bonds. The van der Waals surface area contributed by atoms with Gasteiger partial charge in [0, 0.05) is 10.6 Å². The third kappa shape index (κ3) is 4.75. The summed E-state index contributed by atoms with van der Waals surface area (Å²) < 4.78 is 13.2. The zero-order valence-electron chi connectivity index (χ0n) is 13.8. The van der Waals surface area contributed by atoms with Crippen LogP contribution in [0.4, 0.5) is 10.1 Å². The van der Waals surface area contributed by atoms with E-state index in [9.17, 15) is 9.18 Å². The van der Waals surface area contributed by atoms with Crippen molar-refractivity contribution in [3.05, 3.63) is 87.9 Å². The summed E-state index contributed by atoms with van der Waals surface area (Å²) in [6, 6.07) is 17.8. The Kier molecular flexibility index (Phi) is 5.58. The third-order valence-electron chi connectivity index (χ3n) is 3.80. The molecule has 0 spiro atoms. The molecule has 0 aliphatic carbocycles. The lowest BCUT2D eigenvalue weighted by Crippen LogP contribution is -2.31. The summed E-state index contributed by atoms with van der Waals surface area (Å²) in [4.78, 5) is 13.3. The van der Waals surface area contributed by atoms with Crippen molar-refractivity contribution in [3.8, 4) is 0 Å². The van der Waals surface area contributed by atoms with Gasteiger partial charge in [-0.2, -0.15) is 0 Å². The average molecular weight is 354 g/mol. The highest BCUT2D eigenvalue weighted by Crippen LogP contribution is 2.26. The number of carbonyl (C=O) groups is 1. The highest BCUT2D eigenvalue weighted by molar-refractivity contribution is 7.10. The Morgan fingerprint density at radius 1 is 1.12 bits per heavy atom. The van der Waals surface area contributed by atoms with Crippen LogP contribution < -0.4 is 10.6 Å². The molecular weight excluding hydrogens is 335 g/mol. The molecule has 2 aromatic carbocycles. The predicted molar refractivity (Wildman–Crippen MR) is 100 cm³/mol. The van der Waals surface area contributed by atoms with Crippen molar-refractivity contribution in [2.24, 2.45) is 0 Å². The fourth-order valence-corrected chi connectivity index (χ4v) is 3.44. The molecule has 0 aliphatic rings. The topological polar surface area (TPSA) is 41.1 Å². The van der Waals surface area contributed by atoms with E-state index in [-0.39, 0.29) is 24.3 Å². The number of hydrogen-bond acceptors (Lipinski definition) is 3. The molecule has 0 aliphatic heterocycles. The first-order valence-electron chi connectivity index (χ1n) is 8.00. The van der Waals surface area contributed by atoms with Gasteiger partial charge >= 0.3 is 0 Å². The number of aryl methyl sites for hydroxylation is 1. The second kappa shape index (κ2) is 8.05. The van der Waals surface area contributed by atoms with Crippen LogP contribution in [-0.2, 0) is 4.79 Å². The van der Waals surface area contributed by atoms with Crippen LogP contribution in [0.3, 0.4) is 0 Å². The molecule has 0 saturated carbocycles. The summed E-state index contributed by atoms with van der Waals surface area (Å²) in [7, 11) is 0. The van der Waals surface area contributed by atoms with Crippen molar-refractivity contribution in [3.63, 3.8) is 0 Å². The summed E-state index contributed by atoms with van der Waals surface area (Å²) in [5.74, 6) is -0.389. The van der Waals surface area contributed by atoms with E-state index >= 15 is 0 Å². The minimum absolute atomic E-state index is 0.116. The highest BCUT2D eigenvalue weighted by Gasteiger charge is 2.16. The lowest BCUT2D eigenvalue weighted by molar-refractivity contribution is -0.115. The fourth-order valence-electron chi connectivity index (χ4n) is 2.62. The van der Waals surface area contributed by atoms with Crippen LogP contribution >= 0.6 is 11.3 Å². The number of rotatable bonds is 6. The molecule has 1 aromatic heterocycles. The van der Waals surface area contributed by atoms with Gasteiger partial charge in [-0.15, -0.1) is 11.3 Å². The number of halogens is 1. The van der Waals surface area contributed by atoms with E-state index in [0.717, 1.165) is 21.7 Å².